The van der Waals surface area contributed by atoms with Crippen molar-refractivity contribution in [2.24, 2.45) is 0 Å². The third-order valence-corrected chi connectivity index (χ3v) is 4.76. The number of aryl methyl sites for hydroxylation is 2. The average molecular weight is 354 g/mol. The summed E-state index contributed by atoms with van der Waals surface area (Å²) in [6.07, 6.45) is 1.65. The van der Waals surface area contributed by atoms with Gasteiger partial charge in [-0.15, -0.1) is 0 Å². The van der Waals surface area contributed by atoms with E-state index in [1.54, 1.807) is 6.20 Å². The van der Waals surface area contributed by atoms with Crippen molar-refractivity contribution in [2.45, 2.75) is 25.9 Å². The zero-order valence-electron chi connectivity index (χ0n) is 14.2. The van der Waals surface area contributed by atoms with Crippen molar-refractivity contribution >= 4 is 29.0 Å². The van der Waals surface area contributed by atoms with Gasteiger partial charge in [-0.2, -0.15) is 4.98 Å². The maximum Gasteiger partial charge on any atom is 0.355 e. The summed E-state index contributed by atoms with van der Waals surface area (Å²) < 4.78 is 1.38. The highest BCUT2D eigenvalue weighted by Crippen LogP contribution is 2.19. The highest BCUT2D eigenvalue weighted by molar-refractivity contribution is 7.99. The first-order chi connectivity index (χ1) is 11.9. The minimum Gasteiger partial charge on any atom is -0.325 e. The third kappa shape index (κ3) is 3.88. The number of anilines is 1. The molecule has 2 aromatic heterocycles. The van der Waals surface area contributed by atoms with Crippen LogP contribution in [0, 0.1) is 20.8 Å². The summed E-state index contributed by atoms with van der Waals surface area (Å²) in [6.45, 7) is 5.89. The molecular formula is C18H18N4O2S. The van der Waals surface area contributed by atoms with Crippen LogP contribution in [-0.4, -0.2) is 26.0 Å². The highest BCUT2D eigenvalue weighted by atomic mass is 32.2. The van der Waals surface area contributed by atoms with Crippen LogP contribution in [0.15, 0.2) is 46.5 Å². The number of carbonyl (C=O) groups is 1. The molecule has 0 radical (unpaired) electrons. The lowest BCUT2D eigenvalue weighted by Crippen LogP contribution is -2.20. The number of hydrogen-bond acceptors (Lipinski definition) is 5. The Bertz CT molecular complexity index is 1010. The molecule has 0 bridgehead atoms. The SMILES string of the molecule is Cc1ccn2c(=O)nc(SCC(=O)Nc3cccc(C)c3C)nc2c1. The summed E-state index contributed by atoms with van der Waals surface area (Å²) in [4.78, 5) is 32.5. The molecular weight excluding hydrogens is 336 g/mol. The van der Waals surface area contributed by atoms with E-state index in [2.05, 4.69) is 15.3 Å². The number of pyridine rings is 1. The Balaban J connectivity index is 1.73. The van der Waals surface area contributed by atoms with Crippen molar-refractivity contribution in [1.29, 1.82) is 0 Å². The summed E-state index contributed by atoms with van der Waals surface area (Å²) in [6, 6.07) is 9.40. The van der Waals surface area contributed by atoms with Crippen LogP contribution < -0.4 is 11.0 Å². The number of rotatable bonds is 4. The smallest absolute Gasteiger partial charge is 0.325 e. The van der Waals surface area contributed by atoms with E-state index in [4.69, 9.17) is 0 Å². The van der Waals surface area contributed by atoms with Gasteiger partial charge >= 0.3 is 5.69 Å². The summed E-state index contributed by atoms with van der Waals surface area (Å²) in [5.41, 5.74) is 4.07. The molecule has 25 heavy (non-hydrogen) atoms. The largest absolute Gasteiger partial charge is 0.355 e. The predicted octanol–water partition coefficient (Wildman–Crippen LogP) is 2.75. The minimum atomic E-state index is -0.401. The van der Waals surface area contributed by atoms with Crippen molar-refractivity contribution in [3.05, 3.63) is 63.7 Å². The predicted molar refractivity (Wildman–Crippen MR) is 99.3 cm³/mol. The van der Waals surface area contributed by atoms with E-state index >= 15 is 0 Å². The molecule has 1 aromatic carbocycles. The Morgan fingerprint density at radius 1 is 1.20 bits per heavy atom. The van der Waals surface area contributed by atoms with Crippen molar-refractivity contribution in [3.8, 4) is 0 Å². The molecule has 128 valence electrons. The van der Waals surface area contributed by atoms with Crippen LogP contribution in [0.25, 0.3) is 5.65 Å². The first-order valence-electron chi connectivity index (χ1n) is 7.80. The number of thioether (sulfide) groups is 1. The van der Waals surface area contributed by atoms with Gasteiger partial charge in [0.1, 0.15) is 5.65 Å². The van der Waals surface area contributed by atoms with Gasteiger partial charge in [-0.1, -0.05) is 23.9 Å². The summed E-state index contributed by atoms with van der Waals surface area (Å²) >= 11 is 1.15. The fourth-order valence-electron chi connectivity index (χ4n) is 2.36. The second-order valence-corrected chi connectivity index (χ2v) is 6.75. The van der Waals surface area contributed by atoms with Crippen LogP contribution in [0.3, 0.4) is 0 Å². The second-order valence-electron chi connectivity index (χ2n) is 5.81. The molecule has 0 fully saturated rings. The Hall–Kier alpha value is -2.67. The Labute approximate surface area is 149 Å². The topological polar surface area (TPSA) is 76.4 Å². The molecule has 0 aliphatic carbocycles. The Morgan fingerprint density at radius 3 is 2.80 bits per heavy atom. The lowest BCUT2D eigenvalue weighted by Gasteiger charge is -2.10. The molecule has 6 nitrogen and oxygen atoms in total. The molecule has 3 rings (SSSR count). The number of aromatic nitrogens is 3. The molecule has 0 saturated carbocycles. The number of hydrogen-bond donors (Lipinski definition) is 1. The monoisotopic (exact) mass is 354 g/mol. The van der Waals surface area contributed by atoms with Gasteiger partial charge in [0.25, 0.3) is 0 Å². The van der Waals surface area contributed by atoms with Gasteiger partial charge in [-0.05, 0) is 55.7 Å². The first kappa shape index (κ1) is 17.2. The first-order valence-corrected chi connectivity index (χ1v) is 8.78. The van der Waals surface area contributed by atoms with Gasteiger partial charge in [-0.3, -0.25) is 9.20 Å². The van der Waals surface area contributed by atoms with E-state index in [1.807, 2.05) is 51.1 Å². The van der Waals surface area contributed by atoms with Gasteiger partial charge in [0.2, 0.25) is 5.91 Å². The van der Waals surface area contributed by atoms with Gasteiger partial charge in [0.05, 0.1) is 5.75 Å². The fourth-order valence-corrected chi connectivity index (χ4v) is 3.00. The number of nitrogens with one attached hydrogen (secondary N) is 1. The van der Waals surface area contributed by atoms with Crippen molar-refractivity contribution in [3.63, 3.8) is 0 Å². The van der Waals surface area contributed by atoms with E-state index in [-0.39, 0.29) is 11.7 Å². The average Bonchev–Trinajstić information content (AvgIpc) is 2.57. The number of amides is 1. The zero-order chi connectivity index (χ0) is 18.0. The van der Waals surface area contributed by atoms with E-state index < -0.39 is 5.69 Å². The van der Waals surface area contributed by atoms with Gasteiger partial charge in [0.15, 0.2) is 5.16 Å². The van der Waals surface area contributed by atoms with E-state index in [1.165, 1.54) is 4.40 Å². The maximum absolute atomic E-state index is 12.2. The second kappa shape index (κ2) is 7.06. The minimum absolute atomic E-state index is 0.134. The van der Waals surface area contributed by atoms with Crippen LogP contribution in [0.4, 0.5) is 5.69 Å². The summed E-state index contributed by atoms with van der Waals surface area (Å²) in [7, 11) is 0. The summed E-state index contributed by atoms with van der Waals surface area (Å²) in [5, 5.41) is 3.18. The lowest BCUT2D eigenvalue weighted by atomic mass is 10.1. The van der Waals surface area contributed by atoms with Crippen LogP contribution in [0.5, 0.6) is 0 Å². The van der Waals surface area contributed by atoms with E-state index in [0.717, 1.165) is 34.1 Å². The number of fused-ring (bicyclic) bond motifs is 1. The van der Waals surface area contributed by atoms with Gasteiger partial charge in [0, 0.05) is 11.9 Å². The molecule has 0 atom stereocenters. The molecule has 1 amide bonds. The van der Waals surface area contributed by atoms with Gasteiger partial charge < -0.3 is 5.32 Å². The maximum atomic E-state index is 12.2. The van der Waals surface area contributed by atoms with Gasteiger partial charge in [-0.25, -0.2) is 9.78 Å². The third-order valence-electron chi connectivity index (χ3n) is 3.91. The molecule has 2 heterocycles. The van der Waals surface area contributed by atoms with Crippen molar-refractivity contribution in [1.82, 2.24) is 14.4 Å². The molecule has 0 spiro atoms. The van der Waals surface area contributed by atoms with Crippen molar-refractivity contribution in [2.75, 3.05) is 11.1 Å². The fraction of sp³-hybridized carbons (Fsp3) is 0.222. The van der Waals surface area contributed by atoms with Crippen LogP contribution in [-0.2, 0) is 4.79 Å². The van der Waals surface area contributed by atoms with E-state index in [0.29, 0.717) is 10.8 Å². The molecule has 0 saturated heterocycles. The number of carbonyl (C=O) groups excluding carboxylic acids is 1. The molecule has 0 aliphatic heterocycles. The molecule has 0 unspecified atom stereocenters. The number of nitrogens with zero attached hydrogens (tertiary/aromatic N) is 3. The molecule has 7 heteroatoms. The van der Waals surface area contributed by atoms with Crippen LogP contribution in [0.1, 0.15) is 16.7 Å². The Kier molecular flexibility index (Phi) is 4.85. The number of benzene rings is 1. The van der Waals surface area contributed by atoms with Crippen molar-refractivity contribution < 1.29 is 4.79 Å². The normalized spacial score (nSPS) is 10.8. The molecule has 0 aliphatic rings. The summed E-state index contributed by atoms with van der Waals surface area (Å²) in [5.74, 6) is -0.0267. The zero-order valence-corrected chi connectivity index (χ0v) is 15.1. The standard InChI is InChI=1S/C18H18N4O2S/c1-11-7-8-22-15(9-11)20-17(21-18(22)24)25-10-16(23)19-14-6-4-5-12(2)13(14)3/h4-9H,10H2,1-3H3,(H,19,23). The molecule has 1 N–H and O–H groups in total. The highest BCUT2D eigenvalue weighted by Gasteiger charge is 2.10. The lowest BCUT2D eigenvalue weighted by molar-refractivity contribution is -0.113. The quantitative estimate of drug-likeness (QED) is 0.729. The van der Waals surface area contributed by atoms with Crippen LogP contribution in [0.2, 0.25) is 0 Å². The molecule has 3 aromatic rings. The Morgan fingerprint density at radius 2 is 2.00 bits per heavy atom. The van der Waals surface area contributed by atoms with Crippen LogP contribution >= 0.6 is 11.8 Å². The van der Waals surface area contributed by atoms with E-state index in [9.17, 15) is 9.59 Å².